The zero-order valence-electron chi connectivity index (χ0n) is 11.3. The van der Waals surface area contributed by atoms with E-state index in [9.17, 15) is 13.6 Å². The summed E-state index contributed by atoms with van der Waals surface area (Å²) in [5, 5.41) is 8.93. The number of carboxylic acids is 1. The molecule has 0 saturated carbocycles. The number of carbonyl (C=O) groups is 1. The fraction of sp³-hybridized carbons (Fsp3) is 0.385. The summed E-state index contributed by atoms with van der Waals surface area (Å²) in [6.45, 7) is 0.289. The maximum Gasteiger partial charge on any atom is 0.323 e. The minimum Gasteiger partial charge on any atom is -0.480 e. The predicted octanol–water partition coefficient (Wildman–Crippen LogP) is 1.56. The van der Waals surface area contributed by atoms with Crippen LogP contribution in [0.2, 0.25) is 0 Å². The molecule has 0 aliphatic rings. The van der Waals surface area contributed by atoms with E-state index >= 15 is 0 Å². The smallest absolute Gasteiger partial charge is 0.323 e. The first-order valence-corrected chi connectivity index (χ1v) is 6.15. The fourth-order valence-electron chi connectivity index (χ4n) is 1.90. The van der Waals surface area contributed by atoms with Crippen LogP contribution in [0.3, 0.4) is 0 Å². The summed E-state index contributed by atoms with van der Waals surface area (Å²) in [5.41, 5.74) is 0.391. The first kappa shape index (κ1) is 15.3. The number of methoxy groups -OCH3 is 1. The molecule has 0 bridgehead atoms. The highest BCUT2D eigenvalue weighted by molar-refractivity contribution is 5.78. The standard InChI is InChI=1S/C13H14F2N2O4/c1-20-2-3-21-7-12-16-10-4-8(14)9(15)5-11(10)17(12)6-13(18)19/h4-5H,2-3,6-7H2,1H3,(H,18,19). The molecule has 1 heterocycles. The van der Waals surface area contributed by atoms with Crippen LogP contribution in [0, 0.1) is 11.6 Å². The van der Waals surface area contributed by atoms with E-state index in [1.165, 1.54) is 11.7 Å². The van der Waals surface area contributed by atoms with Gasteiger partial charge in [-0.1, -0.05) is 0 Å². The van der Waals surface area contributed by atoms with Crippen LogP contribution in [0.4, 0.5) is 8.78 Å². The Morgan fingerprint density at radius 1 is 1.33 bits per heavy atom. The highest BCUT2D eigenvalue weighted by Gasteiger charge is 2.16. The summed E-state index contributed by atoms with van der Waals surface area (Å²) in [6.07, 6.45) is 0. The largest absolute Gasteiger partial charge is 0.480 e. The van der Waals surface area contributed by atoms with Crippen molar-refractivity contribution in [3.8, 4) is 0 Å². The van der Waals surface area contributed by atoms with Gasteiger partial charge in [0, 0.05) is 19.2 Å². The van der Waals surface area contributed by atoms with Gasteiger partial charge in [0.1, 0.15) is 19.0 Å². The van der Waals surface area contributed by atoms with Crippen molar-refractivity contribution in [1.29, 1.82) is 0 Å². The van der Waals surface area contributed by atoms with Gasteiger partial charge in [0.05, 0.1) is 24.2 Å². The Morgan fingerprint density at radius 3 is 2.71 bits per heavy atom. The van der Waals surface area contributed by atoms with Gasteiger partial charge in [-0.2, -0.15) is 0 Å². The molecular weight excluding hydrogens is 286 g/mol. The third-order valence-corrected chi connectivity index (χ3v) is 2.83. The van der Waals surface area contributed by atoms with Crippen molar-refractivity contribution in [2.75, 3.05) is 20.3 Å². The van der Waals surface area contributed by atoms with Gasteiger partial charge in [-0.05, 0) is 0 Å². The molecule has 2 aromatic rings. The molecule has 1 aromatic heterocycles. The Balaban J connectivity index is 2.35. The van der Waals surface area contributed by atoms with E-state index in [4.69, 9.17) is 14.6 Å². The van der Waals surface area contributed by atoms with Crippen molar-refractivity contribution < 1.29 is 28.2 Å². The Morgan fingerprint density at radius 2 is 2.05 bits per heavy atom. The van der Waals surface area contributed by atoms with Crippen LogP contribution in [0.5, 0.6) is 0 Å². The minimum atomic E-state index is -1.11. The topological polar surface area (TPSA) is 73.6 Å². The SMILES string of the molecule is COCCOCc1nc2cc(F)c(F)cc2n1CC(=O)O. The molecule has 0 fully saturated rings. The summed E-state index contributed by atoms with van der Waals surface area (Å²) in [5.74, 6) is -2.92. The molecule has 0 aliphatic heterocycles. The number of fused-ring (bicyclic) bond motifs is 1. The molecule has 6 nitrogen and oxygen atoms in total. The molecule has 114 valence electrons. The lowest BCUT2D eigenvalue weighted by molar-refractivity contribution is -0.137. The lowest BCUT2D eigenvalue weighted by Crippen LogP contribution is -2.13. The van der Waals surface area contributed by atoms with E-state index < -0.39 is 24.1 Å². The minimum absolute atomic E-state index is 0.0224. The number of halogens is 2. The first-order valence-electron chi connectivity index (χ1n) is 6.15. The second-order valence-electron chi connectivity index (χ2n) is 4.31. The molecule has 2 rings (SSSR count). The lowest BCUT2D eigenvalue weighted by Gasteiger charge is -2.07. The van der Waals surface area contributed by atoms with Crippen LogP contribution in [-0.2, 0) is 27.4 Å². The molecule has 0 unspecified atom stereocenters. The van der Waals surface area contributed by atoms with Gasteiger partial charge >= 0.3 is 5.97 Å². The third kappa shape index (κ3) is 3.53. The molecule has 1 aromatic carbocycles. The maximum absolute atomic E-state index is 13.3. The van der Waals surface area contributed by atoms with Crippen molar-refractivity contribution >= 4 is 17.0 Å². The van der Waals surface area contributed by atoms with Crippen molar-refractivity contribution in [3.05, 3.63) is 29.6 Å². The van der Waals surface area contributed by atoms with Crippen LogP contribution in [0.15, 0.2) is 12.1 Å². The van der Waals surface area contributed by atoms with Crippen LogP contribution >= 0.6 is 0 Å². The van der Waals surface area contributed by atoms with E-state index in [1.54, 1.807) is 0 Å². The normalized spacial score (nSPS) is 11.2. The van der Waals surface area contributed by atoms with Gasteiger partial charge in [-0.15, -0.1) is 0 Å². The molecule has 0 amide bonds. The molecule has 1 N–H and O–H groups in total. The summed E-state index contributed by atoms with van der Waals surface area (Å²) < 4.78 is 37.9. The van der Waals surface area contributed by atoms with Gasteiger partial charge in [0.2, 0.25) is 0 Å². The number of aliphatic carboxylic acids is 1. The predicted molar refractivity (Wildman–Crippen MR) is 68.8 cm³/mol. The highest BCUT2D eigenvalue weighted by Crippen LogP contribution is 2.20. The maximum atomic E-state index is 13.3. The fourth-order valence-corrected chi connectivity index (χ4v) is 1.90. The number of carboxylic acid groups (broad SMARTS) is 1. The Labute approximate surface area is 118 Å². The molecule has 0 aliphatic carbocycles. The number of hydrogen-bond acceptors (Lipinski definition) is 4. The van der Waals surface area contributed by atoms with Crippen LogP contribution in [0.1, 0.15) is 5.82 Å². The van der Waals surface area contributed by atoms with Gasteiger partial charge in [-0.25, -0.2) is 13.8 Å². The number of aromatic nitrogens is 2. The van der Waals surface area contributed by atoms with Crippen LogP contribution < -0.4 is 0 Å². The van der Waals surface area contributed by atoms with E-state index in [-0.39, 0.29) is 23.5 Å². The molecule has 0 saturated heterocycles. The Hall–Kier alpha value is -2.06. The summed E-state index contributed by atoms with van der Waals surface area (Å²) >= 11 is 0. The quantitative estimate of drug-likeness (QED) is 0.786. The number of imidazole rings is 1. The molecule has 8 heteroatoms. The van der Waals surface area contributed by atoms with Gasteiger partial charge in [-0.3, -0.25) is 4.79 Å². The van der Waals surface area contributed by atoms with Crippen molar-refractivity contribution in [3.63, 3.8) is 0 Å². The number of nitrogens with zero attached hydrogens (tertiary/aromatic N) is 2. The van der Waals surface area contributed by atoms with Crippen LogP contribution in [0.25, 0.3) is 11.0 Å². The average Bonchev–Trinajstić information content (AvgIpc) is 2.73. The number of rotatable bonds is 7. The van der Waals surface area contributed by atoms with Crippen molar-refractivity contribution in [1.82, 2.24) is 9.55 Å². The van der Waals surface area contributed by atoms with Crippen LogP contribution in [-0.4, -0.2) is 41.0 Å². The number of benzene rings is 1. The molecular formula is C13H14F2N2O4. The number of ether oxygens (including phenoxy) is 2. The molecule has 0 atom stereocenters. The molecule has 21 heavy (non-hydrogen) atoms. The van der Waals surface area contributed by atoms with Gasteiger partial charge in [0.25, 0.3) is 0 Å². The summed E-state index contributed by atoms with van der Waals surface area (Å²) in [4.78, 5) is 15.0. The summed E-state index contributed by atoms with van der Waals surface area (Å²) in [6, 6.07) is 1.86. The van der Waals surface area contributed by atoms with E-state index in [0.717, 1.165) is 12.1 Å². The van der Waals surface area contributed by atoms with E-state index in [0.29, 0.717) is 13.2 Å². The summed E-state index contributed by atoms with van der Waals surface area (Å²) in [7, 11) is 1.52. The Kier molecular flexibility index (Phi) is 4.81. The third-order valence-electron chi connectivity index (χ3n) is 2.83. The lowest BCUT2D eigenvalue weighted by atomic mass is 10.3. The number of hydrogen-bond donors (Lipinski definition) is 1. The van der Waals surface area contributed by atoms with Crippen molar-refractivity contribution in [2.45, 2.75) is 13.2 Å². The Bertz CT molecular complexity index is 657. The first-order chi connectivity index (χ1) is 10.0. The second kappa shape index (κ2) is 6.59. The van der Waals surface area contributed by atoms with E-state index in [2.05, 4.69) is 4.98 Å². The molecule has 0 spiro atoms. The van der Waals surface area contributed by atoms with Gasteiger partial charge in [0.15, 0.2) is 11.6 Å². The monoisotopic (exact) mass is 300 g/mol. The zero-order chi connectivity index (χ0) is 15.4. The van der Waals surface area contributed by atoms with Crippen molar-refractivity contribution in [2.24, 2.45) is 0 Å². The average molecular weight is 300 g/mol. The zero-order valence-corrected chi connectivity index (χ0v) is 11.3. The van der Waals surface area contributed by atoms with E-state index in [1.807, 2.05) is 0 Å². The molecule has 0 radical (unpaired) electrons. The second-order valence-corrected chi connectivity index (χ2v) is 4.31. The highest BCUT2D eigenvalue weighted by atomic mass is 19.2. The van der Waals surface area contributed by atoms with Gasteiger partial charge < -0.3 is 19.1 Å².